The van der Waals surface area contributed by atoms with Gasteiger partial charge in [0.25, 0.3) is 5.91 Å². The van der Waals surface area contributed by atoms with Gasteiger partial charge in [-0.05, 0) is 49.2 Å². The van der Waals surface area contributed by atoms with Gasteiger partial charge in [-0.2, -0.15) is 0 Å². The molecular formula is C18H21N3O2. The topological polar surface area (TPSA) is 84.2 Å². The Bertz CT molecular complexity index is 726. The maximum absolute atomic E-state index is 12.3. The summed E-state index contributed by atoms with van der Waals surface area (Å²) in [5.41, 5.74) is 8.99. The highest BCUT2D eigenvalue weighted by Gasteiger charge is 2.10. The van der Waals surface area contributed by atoms with Gasteiger partial charge < -0.3 is 16.4 Å². The second kappa shape index (κ2) is 7.45. The van der Waals surface area contributed by atoms with Gasteiger partial charge in [-0.15, -0.1) is 0 Å². The van der Waals surface area contributed by atoms with E-state index in [1.54, 1.807) is 30.3 Å². The van der Waals surface area contributed by atoms with Gasteiger partial charge in [0.1, 0.15) is 0 Å². The van der Waals surface area contributed by atoms with Gasteiger partial charge in [0.2, 0.25) is 5.91 Å². The molecule has 2 aromatic carbocycles. The fraction of sp³-hybridized carbons (Fsp3) is 0.222. The molecule has 0 saturated heterocycles. The molecular weight excluding hydrogens is 290 g/mol. The lowest BCUT2D eigenvalue weighted by Gasteiger charge is -2.11. The summed E-state index contributed by atoms with van der Waals surface area (Å²) in [7, 11) is 0. The van der Waals surface area contributed by atoms with Crippen LogP contribution in [0.5, 0.6) is 0 Å². The number of hydrogen-bond acceptors (Lipinski definition) is 3. The van der Waals surface area contributed by atoms with Crippen LogP contribution in [0.1, 0.15) is 35.7 Å². The molecule has 0 aliphatic carbocycles. The quantitative estimate of drug-likeness (QED) is 0.738. The number of aryl methyl sites for hydroxylation is 1. The third-order valence-electron chi connectivity index (χ3n) is 3.45. The fourth-order valence-electron chi connectivity index (χ4n) is 2.19. The maximum Gasteiger partial charge on any atom is 0.255 e. The van der Waals surface area contributed by atoms with Gasteiger partial charge in [-0.3, -0.25) is 9.59 Å². The number of anilines is 3. The lowest BCUT2D eigenvalue weighted by Crippen LogP contribution is -2.15. The number of para-hydroxylation sites is 2. The van der Waals surface area contributed by atoms with Gasteiger partial charge in [0.05, 0.1) is 11.4 Å². The van der Waals surface area contributed by atoms with Crippen molar-refractivity contribution in [3.8, 4) is 0 Å². The number of carbonyl (C=O) groups is 2. The molecule has 2 rings (SSSR count). The van der Waals surface area contributed by atoms with E-state index in [-0.39, 0.29) is 11.8 Å². The first kappa shape index (κ1) is 16.5. The van der Waals surface area contributed by atoms with E-state index in [1.807, 2.05) is 26.0 Å². The van der Waals surface area contributed by atoms with Gasteiger partial charge >= 0.3 is 0 Å². The maximum atomic E-state index is 12.3. The molecule has 120 valence electrons. The summed E-state index contributed by atoms with van der Waals surface area (Å²) in [5, 5.41) is 5.63. The first-order valence-electron chi connectivity index (χ1n) is 7.57. The van der Waals surface area contributed by atoms with Crippen molar-refractivity contribution < 1.29 is 9.59 Å². The molecule has 23 heavy (non-hydrogen) atoms. The third kappa shape index (κ3) is 4.32. The Kier molecular flexibility index (Phi) is 5.36. The van der Waals surface area contributed by atoms with Crippen LogP contribution >= 0.6 is 0 Å². The van der Waals surface area contributed by atoms with Crippen LogP contribution in [0.25, 0.3) is 0 Å². The molecule has 5 nitrogen and oxygen atoms in total. The Balaban J connectivity index is 2.12. The molecule has 0 aliphatic heterocycles. The first-order chi connectivity index (χ1) is 11.0. The van der Waals surface area contributed by atoms with Gasteiger partial charge in [0.15, 0.2) is 0 Å². The zero-order valence-corrected chi connectivity index (χ0v) is 13.3. The summed E-state index contributed by atoms with van der Waals surface area (Å²) in [4.78, 5) is 24.0. The fourth-order valence-corrected chi connectivity index (χ4v) is 2.19. The number of nitrogens with two attached hydrogens (primary N) is 1. The molecule has 0 bridgehead atoms. The third-order valence-corrected chi connectivity index (χ3v) is 3.45. The van der Waals surface area contributed by atoms with Crippen molar-refractivity contribution in [2.75, 3.05) is 16.4 Å². The van der Waals surface area contributed by atoms with E-state index in [2.05, 4.69) is 10.6 Å². The summed E-state index contributed by atoms with van der Waals surface area (Å²) in [5.74, 6) is -0.262. The van der Waals surface area contributed by atoms with E-state index in [0.717, 1.165) is 17.7 Å². The molecule has 2 amide bonds. The SMILES string of the molecule is CCCC(=O)Nc1ccc(C(=O)Nc2ccccc2N)cc1C. The molecule has 0 atom stereocenters. The number of nitrogen functional groups attached to an aromatic ring is 1. The van der Waals surface area contributed by atoms with Crippen LogP contribution in [0.3, 0.4) is 0 Å². The van der Waals surface area contributed by atoms with Crippen molar-refractivity contribution in [1.82, 2.24) is 0 Å². The predicted molar refractivity (Wildman–Crippen MR) is 93.5 cm³/mol. The van der Waals surface area contributed by atoms with E-state index < -0.39 is 0 Å². The van der Waals surface area contributed by atoms with Crippen LogP contribution in [-0.4, -0.2) is 11.8 Å². The molecule has 0 aliphatic rings. The molecule has 0 saturated carbocycles. The number of nitrogens with one attached hydrogen (secondary N) is 2. The van der Waals surface area contributed by atoms with Crippen LogP contribution < -0.4 is 16.4 Å². The minimum atomic E-state index is -0.238. The number of benzene rings is 2. The van der Waals surface area contributed by atoms with E-state index in [1.165, 1.54) is 0 Å². The van der Waals surface area contributed by atoms with Crippen molar-refractivity contribution >= 4 is 28.9 Å². The predicted octanol–water partition coefficient (Wildman–Crippen LogP) is 3.57. The number of rotatable bonds is 5. The molecule has 0 fully saturated rings. The molecule has 0 unspecified atom stereocenters. The average Bonchev–Trinajstić information content (AvgIpc) is 2.51. The average molecular weight is 311 g/mol. The second-order valence-electron chi connectivity index (χ2n) is 5.37. The summed E-state index contributed by atoms with van der Waals surface area (Å²) in [6, 6.07) is 12.3. The lowest BCUT2D eigenvalue weighted by molar-refractivity contribution is -0.116. The van der Waals surface area contributed by atoms with Crippen LogP contribution in [0.2, 0.25) is 0 Å². The zero-order valence-electron chi connectivity index (χ0n) is 13.3. The molecule has 0 aromatic heterocycles. The lowest BCUT2D eigenvalue weighted by atomic mass is 10.1. The smallest absolute Gasteiger partial charge is 0.255 e. The van der Waals surface area contributed by atoms with E-state index in [4.69, 9.17) is 5.73 Å². The minimum absolute atomic E-state index is 0.0233. The Hall–Kier alpha value is -2.82. The molecule has 0 radical (unpaired) electrons. The summed E-state index contributed by atoms with van der Waals surface area (Å²) in [6.07, 6.45) is 1.28. The largest absolute Gasteiger partial charge is 0.397 e. The van der Waals surface area contributed by atoms with Crippen LogP contribution in [0.15, 0.2) is 42.5 Å². The van der Waals surface area contributed by atoms with Gasteiger partial charge in [-0.1, -0.05) is 19.1 Å². The number of amides is 2. The summed E-state index contributed by atoms with van der Waals surface area (Å²) < 4.78 is 0. The zero-order chi connectivity index (χ0) is 16.8. The molecule has 0 heterocycles. The summed E-state index contributed by atoms with van der Waals surface area (Å²) in [6.45, 7) is 3.81. The van der Waals surface area contributed by atoms with Crippen LogP contribution in [0.4, 0.5) is 17.1 Å². The van der Waals surface area contributed by atoms with Crippen molar-refractivity contribution in [1.29, 1.82) is 0 Å². The monoisotopic (exact) mass is 311 g/mol. The van der Waals surface area contributed by atoms with Crippen LogP contribution in [-0.2, 0) is 4.79 Å². The summed E-state index contributed by atoms with van der Waals surface area (Å²) >= 11 is 0. The van der Waals surface area contributed by atoms with Crippen molar-refractivity contribution in [2.45, 2.75) is 26.7 Å². The number of carbonyl (C=O) groups excluding carboxylic acids is 2. The van der Waals surface area contributed by atoms with Gasteiger partial charge in [0, 0.05) is 17.7 Å². The van der Waals surface area contributed by atoms with Gasteiger partial charge in [-0.25, -0.2) is 0 Å². The van der Waals surface area contributed by atoms with Crippen molar-refractivity contribution in [2.24, 2.45) is 0 Å². The van der Waals surface area contributed by atoms with E-state index >= 15 is 0 Å². The Labute approximate surface area is 135 Å². The second-order valence-corrected chi connectivity index (χ2v) is 5.37. The highest BCUT2D eigenvalue weighted by atomic mass is 16.2. The minimum Gasteiger partial charge on any atom is -0.397 e. The normalized spacial score (nSPS) is 10.2. The highest BCUT2D eigenvalue weighted by molar-refractivity contribution is 6.06. The Morgan fingerprint density at radius 3 is 2.43 bits per heavy atom. The van der Waals surface area contributed by atoms with Crippen molar-refractivity contribution in [3.63, 3.8) is 0 Å². The van der Waals surface area contributed by atoms with E-state index in [9.17, 15) is 9.59 Å². The molecule has 2 aromatic rings. The van der Waals surface area contributed by atoms with Crippen LogP contribution in [0, 0.1) is 6.92 Å². The first-order valence-corrected chi connectivity index (χ1v) is 7.57. The van der Waals surface area contributed by atoms with E-state index in [0.29, 0.717) is 23.4 Å². The number of hydrogen-bond donors (Lipinski definition) is 3. The Morgan fingerprint density at radius 1 is 1.04 bits per heavy atom. The molecule has 5 heteroatoms. The molecule has 0 spiro atoms. The standard InChI is InChI=1S/C18H21N3O2/c1-3-6-17(22)20-15-10-9-13(11-12(15)2)18(23)21-16-8-5-4-7-14(16)19/h4-5,7-11H,3,6,19H2,1-2H3,(H,20,22)(H,21,23). The molecule has 4 N–H and O–H groups in total. The Morgan fingerprint density at radius 2 is 1.78 bits per heavy atom. The highest BCUT2D eigenvalue weighted by Crippen LogP contribution is 2.20. The van der Waals surface area contributed by atoms with Crippen molar-refractivity contribution in [3.05, 3.63) is 53.6 Å².